The van der Waals surface area contributed by atoms with Gasteiger partial charge in [-0.05, 0) is 36.8 Å². The highest BCUT2D eigenvalue weighted by Gasteiger charge is 2.73. The molecular formula is C25H19Cl2F10NO2. The Morgan fingerprint density at radius 2 is 1.52 bits per heavy atom. The van der Waals surface area contributed by atoms with Crippen LogP contribution in [0.25, 0.3) is 0 Å². The zero-order valence-electron chi connectivity index (χ0n) is 20.1. The molecule has 1 aliphatic rings. The minimum Gasteiger partial charge on any atom is -0.467 e. The van der Waals surface area contributed by atoms with E-state index in [9.17, 15) is 49.0 Å². The van der Waals surface area contributed by atoms with E-state index in [4.69, 9.17) is 27.9 Å². The average molecular weight is 626 g/mol. The van der Waals surface area contributed by atoms with Gasteiger partial charge in [0, 0.05) is 18.5 Å². The molecule has 2 atom stereocenters. The van der Waals surface area contributed by atoms with Crippen molar-refractivity contribution in [2.75, 3.05) is 0 Å². The molecule has 3 rings (SSSR count). The van der Waals surface area contributed by atoms with Crippen LogP contribution in [0.15, 0.2) is 66.8 Å². The summed E-state index contributed by atoms with van der Waals surface area (Å²) in [7, 11) is 0. The molecule has 1 N–H and O–H groups in total. The van der Waals surface area contributed by atoms with E-state index in [1.165, 1.54) is 36.4 Å². The minimum atomic E-state index is -6.63. The third-order valence-electron chi connectivity index (χ3n) is 6.12. The van der Waals surface area contributed by atoms with Gasteiger partial charge in [0.1, 0.15) is 10.8 Å². The molecule has 2 aromatic carbocycles. The maximum absolute atomic E-state index is 14.4. The van der Waals surface area contributed by atoms with Gasteiger partial charge >= 0.3 is 24.2 Å². The van der Waals surface area contributed by atoms with Crippen LogP contribution in [0.1, 0.15) is 24.5 Å². The van der Waals surface area contributed by atoms with Gasteiger partial charge in [0.15, 0.2) is 5.72 Å². The molecule has 0 fully saturated rings. The van der Waals surface area contributed by atoms with E-state index in [0.717, 1.165) is 12.1 Å². The fourth-order valence-electron chi connectivity index (χ4n) is 3.89. The van der Waals surface area contributed by atoms with Gasteiger partial charge in [-0.15, -0.1) is 0 Å². The first-order chi connectivity index (χ1) is 18.2. The van der Waals surface area contributed by atoms with E-state index in [-0.39, 0.29) is 39.2 Å². The first kappa shape index (κ1) is 32.0. The summed E-state index contributed by atoms with van der Waals surface area (Å²) >= 11 is 12.1. The molecule has 0 bridgehead atoms. The standard InChI is InChI=1S/C25H19Cl2F10NO2/c1-20(39,24(32,33)34)38(21(11-3-2-4-12-21)40-18-10-6-9-17(26)19(18)27)14-15-7-5-8-16(13-15)22(28,29)23(30,31)25(35,36)37/h2-11,13,39H,12,14H2,1H3. The second-order valence-electron chi connectivity index (χ2n) is 8.94. The molecule has 0 saturated heterocycles. The normalized spacial score (nSPS) is 20.1. The van der Waals surface area contributed by atoms with Crippen molar-refractivity contribution in [3.63, 3.8) is 0 Å². The first-order valence-electron chi connectivity index (χ1n) is 11.1. The fourth-order valence-corrected chi connectivity index (χ4v) is 4.22. The molecule has 40 heavy (non-hydrogen) atoms. The lowest BCUT2D eigenvalue weighted by Gasteiger charge is -2.49. The third-order valence-corrected chi connectivity index (χ3v) is 6.92. The molecule has 1 aliphatic carbocycles. The second kappa shape index (κ2) is 10.7. The lowest BCUT2D eigenvalue weighted by Crippen LogP contribution is -2.66. The second-order valence-corrected chi connectivity index (χ2v) is 9.73. The van der Waals surface area contributed by atoms with E-state index >= 15 is 0 Å². The van der Waals surface area contributed by atoms with Crippen LogP contribution in [-0.4, -0.2) is 39.7 Å². The molecule has 3 nitrogen and oxygen atoms in total. The number of hydrogen-bond acceptors (Lipinski definition) is 3. The molecule has 0 radical (unpaired) electrons. The zero-order chi connectivity index (χ0) is 30.4. The number of allylic oxidation sites excluding steroid dienone is 2. The van der Waals surface area contributed by atoms with Gasteiger partial charge in [-0.25, -0.2) is 4.90 Å². The Morgan fingerprint density at radius 3 is 2.08 bits per heavy atom. The van der Waals surface area contributed by atoms with Gasteiger partial charge in [-0.2, -0.15) is 43.9 Å². The Balaban J connectivity index is 2.17. The maximum Gasteiger partial charge on any atom is 0.460 e. The lowest BCUT2D eigenvalue weighted by atomic mass is 9.95. The van der Waals surface area contributed by atoms with Crippen LogP contribution in [-0.2, 0) is 12.5 Å². The number of ether oxygens (including phenoxy) is 1. The third kappa shape index (κ3) is 5.79. The summed E-state index contributed by atoms with van der Waals surface area (Å²) in [6.07, 6.45) is -7.29. The number of hydrogen-bond donors (Lipinski definition) is 1. The van der Waals surface area contributed by atoms with Gasteiger partial charge in [-0.1, -0.05) is 65.7 Å². The number of benzene rings is 2. The van der Waals surface area contributed by atoms with Crippen molar-refractivity contribution < 1.29 is 53.7 Å². The van der Waals surface area contributed by atoms with E-state index in [1.807, 2.05) is 0 Å². The van der Waals surface area contributed by atoms with Gasteiger partial charge in [0.05, 0.1) is 5.02 Å². The number of aliphatic hydroxyl groups is 1. The van der Waals surface area contributed by atoms with E-state index in [2.05, 4.69) is 0 Å². The Morgan fingerprint density at radius 1 is 0.900 bits per heavy atom. The quantitative estimate of drug-likeness (QED) is 0.235. The molecule has 0 spiro atoms. The molecule has 2 aromatic rings. The topological polar surface area (TPSA) is 32.7 Å². The number of alkyl halides is 10. The smallest absolute Gasteiger partial charge is 0.460 e. The minimum absolute atomic E-state index is 0.0423. The van der Waals surface area contributed by atoms with Crippen molar-refractivity contribution in [3.8, 4) is 5.75 Å². The van der Waals surface area contributed by atoms with E-state index in [1.54, 1.807) is 0 Å². The Kier molecular flexibility index (Phi) is 8.60. The van der Waals surface area contributed by atoms with Crippen LogP contribution in [0.2, 0.25) is 10.0 Å². The van der Waals surface area contributed by atoms with Crippen molar-refractivity contribution in [1.82, 2.24) is 4.90 Å². The number of halogens is 12. The monoisotopic (exact) mass is 625 g/mol. The molecule has 2 unspecified atom stereocenters. The van der Waals surface area contributed by atoms with Crippen LogP contribution in [0.3, 0.4) is 0 Å². The van der Waals surface area contributed by atoms with Crippen LogP contribution >= 0.6 is 23.2 Å². The summed E-state index contributed by atoms with van der Waals surface area (Å²) in [6.45, 7) is -0.787. The fraction of sp³-hybridized carbons (Fsp3) is 0.360. The summed E-state index contributed by atoms with van der Waals surface area (Å²) in [5.41, 5.74) is -8.41. The van der Waals surface area contributed by atoms with Gasteiger partial charge in [0.25, 0.3) is 0 Å². The molecule has 0 aromatic heterocycles. The van der Waals surface area contributed by atoms with E-state index < -0.39 is 53.3 Å². The average Bonchev–Trinajstić information content (AvgIpc) is 2.84. The summed E-state index contributed by atoms with van der Waals surface area (Å²) in [5.74, 6) is -12.5. The predicted molar refractivity (Wildman–Crippen MR) is 126 cm³/mol. The van der Waals surface area contributed by atoms with Crippen LogP contribution in [0, 0.1) is 0 Å². The zero-order valence-corrected chi connectivity index (χ0v) is 21.6. The van der Waals surface area contributed by atoms with E-state index in [0.29, 0.717) is 13.0 Å². The molecular weight excluding hydrogens is 607 g/mol. The SMILES string of the molecule is CC(O)(N(Cc1cccc(C(F)(F)C(F)(F)C(F)(F)F)c1)C1(Oc2cccc(Cl)c2Cl)C=CC=CC1)C(F)(F)F. The van der Waals surface area contributed by atoms with Crippen LogP contribution in [0.5, 0.6) is 5.75 Å². The molecule has 0 heterocycles. The molecule has 0 saturated carbocycles. The number of nitrogens with zero attached hydrogens (tertiary/aromatic N) is 1. The molecule has 0 amide bonds. The first-order valence-corrected chi connectivity index (χ1v) is 11.9. The summed E-state index contributed by atoms with van der Waals surface area (Å²) < 4.78 is 143. The van der Waals surface area contributed by atoms with Crippen molar-refractivity contribution in [3.05, 3.63) is 87.9 Å². The van der Waals surface area contributed by atoms with Gasteiger partial charge < -0.3 is 9.84 Å². The Labute approximate surface area is 231 Å². The predicted octanol–water partition coefficient (Wildman–Crippen LogP) is 8.65. The van der Waals surface area contributed by atoms with Crippen molar-refractivity contribution in [2.24, 2.45) is 0 Å². The van der Waals surface area contributed by atoms with Gasteiger partial charge in [0.2, 0.25) is 5.72 Å². The molecule has 15 heteroatoms. The van der Waals surface area contributed by atoms with Crippen LogP contribution < -0.4 is 4.74 Å². The van der Waals surface area contributed by atoms with Gasteiger partial charge in [-0.3, -0.25) is 0 Å². The maximum atomic E-state index is 14.4. The molecule has 0 aliphatic heterocycles. The largest absolute Gasteiger partial charge is 0.467 e. The lowest BCUT2D eigenvalue weighted by molar-refractivity contribution is -0.359. The summed E-state index contributed by atoms with van der Waals surface area (Å²) in [6, 6.07) is 6.02. The summed E-state index contributed by atoms with van der Waals surface area (Å²) in [5, 5.41) is 10.5. The Bertz CT molecular complexity index is 1290. The van der Waals surface area contributed by atoms with Crippen molar-refractivity contribution in [1.29, 1.82) is 0 Å². The highest BCUT2D eigenvalue weighted by Crippen LogP contribution is 2.52. The highest BCUT2D eigenvalue weighted by molar-refractivity contribution is 6.42. The highest BCUT2D eigenvalue weighted by atomic mass is 35.5. The molecule has 220 valence electrons. The van der Waals surface area contributed by atoms with Crippen LogP contribution in [0.4, 0.5) is 43.9 Å². The summed E-state index contributed by atoms with van der Waals surface area (Å²) in [4.78, 5) is 0.288. The Hall–Kier alpha value is -2.48. The van der Waals surface area contributed by atoms with Crippen molar-refractivity contribution >= 4 is 23.2 Å². The van der Waals surface area contributed by atoms with Crippen molar-refractivity contribution in [2.45, 2.75) is 55.5 Å². The number of rotatable bonds is 8.